The average molecular weight is 197 g/mol. The molecule has 0 saturated carbocycles. The molecule has 13 heavy (non-hydrogen) atoms. The van der Waals surface area contributed by atoms with Gasteiger partial charge >= 0.3 is 0 Å². The highest BCUT2D eigenvalue weighted by atomic mass is 32.1. The molecule has 0 aliphatic rings. The molecule has 0 amide bonds. The van der Waals surface area contributed by atoms with E-state index in [1.165, 1.54) is 4.88 Å². The molecule has 1 heterocycles. The van der Waals surface area contributed by atoms with Gasteiger partial charge < -0.3 is 10.1 Å². The third kappa shape index (κ3) is 4.80. The van der Waals surface area contributed by atoms with Gasteiger partial charge in [0.05, 0.1) is 0 Å². The van der Waals surface area contributed by atoms with E-state index in [-0.39, 0.29) is 5.78 Å². The molecule has 0 unspecified atom stereocenters. The predicted octanol–water partition coefficient (Wildman–Crippen LogP) is 2.21. The monoisotopic (exact) mass is 197 g/mol. The molecule has 1 aromatic rings. The van der Waals surface area contributed by atoms with Crippen LogP contribution in [0.5, 0.6) is 0 Å². The van der Waals surface area contributed by atoms with Crippen molar-refractivity contribution >= 4 is 17.1 Å². The summed E-state index contributed by atoms with van der Waals surface area (Å²) in [6.07, 6.45) is 1.64. The standard InChI is InChI=1S/C10H15NOS/c1-9(12)4-2-6-11-8-10-5-3-7-13-10/h3,5,7,11H,2,4,6,8H2,1H3. The number of rotatable bonds is 6. The van der Waals surface area contributed by atoms with Crippen LogP contribution in [0.2, 0.25) is 0 Å². The van der Waals surface area contributed by atoms with Gasteiger partial charge in [0.2, 0.25) is 0 Å². The molecule has 0 radical (unpaired) electrons. The van der Waals surface area contributed by atoms with Crippen LogP contribution in [0.25, 0.3) is 0 Å². The summed E-state index contributed by atoms with van der Waals surface area (Å²) in [5, 5.41) is 5.38. The fourth-order valence-corrected chi connectivity index (χ4v) is 1.76. The van der Waals surface area contributed by atoms with Crippen molar-refractivity contribution in [3.63, 3.8) is 0 Å². The Morgan fingerprint density at radius 3 is 3.08 bits per heavy atom. The first-order chi connectivity index (χ1) is 6.29. The lowest BCUT2D eigenvalue weighted by atomic mass is 10.2. The third-order valence-corrected chi connectivity index (χ3v) is 2.64. The van der Waals surface area contributed by atoms with Gasteiger partial charge in [0.1, 0.15) is 5.78 Å². The summed E-state index contributed by atoms with van der Waals surface area (Å²) in [5.41, 5.74) is 0. The number of ketones is 1. The molecule has 0 bridgehead atoms. The first-order valence-electron chi connectivity index (χ1n) is 4.51. The van der Waals surface area contributed by atoms with Crippen LogP contribution in [-0.4, -0.2) is 12.3 Å². The highest BCUT2D eigenvalue weighted by Gasteiger charge is 1.94. The predicted molar refractivity (Wildman–Crippen MR) is 55.9 cm³/mol. The lowest BCUT2D eigenvalue weighted by Gasteiger charge is -2.00. The Bertz CT molecular complexity index is 243. The minimum absolute atomic E-state index is 0.276. The normalized spacial score (nSPS) is 10.2. The number of nitrogens with one attached hydrogen (secondary N) is 1. The highest BCUT2D eigenvalue weighted by Crippen LogP contribution is 2.07. The van der Waals surface area contributed by atoms with Gasteiger partial charge in [-0.1, -0.05) is 6.07 Å². The zero-order chi connectivity index (χ0) is 9.52. The van der Waals surface area contributed by atoms with Crippen LogP contribution >= 0.6 is 11.3 Å². The van der Waals surface area contributed by atoms with Crippen LogP contribution < -0.4 is 5.32 Å². The number of hydrogen-bond acceptors (Lipinski definition) is 3. The molecular weight excluding hydrogens is 182 g/mol. The molecule has 0 aliphatic carbocycles. The largest absolute Gasteiger partial charge is 0.312 e. The second-order valence-corrected chi connectivity index (χ2v) is 4.09. The quantitative estimate of drug-likeness (QED) is 0.708. The summed E-state index contributed by atoms with van der Waals surface area (Å²) < 4.78 is 0. The van der Waals surface area contributed by atoms with Gasteiger partial charge in [-0.3, -0.25) is 0 Å². The van der Waals surface area contributed by atoms with Crippen molar-refractivity contribution in [3.8, 4) is 0 Å². The van der Waals surface area contributed by atoms with E-state index >= 15 is 0 Å². The fraction of sp³-hybridized carbons (Fsp3) is 0.500. The second-order valence-electron chi connectivity index (χ2n) is 3.06. The van der Waals surface area contributed by atoms with Crippen molar-refractivity contribution in [3.05, 3.63) is 22.4 Å². The van der Waals surface area contributed by atoms with Gasteiger partial charge in [-0.2, -0.15) is 0 Å². The Labute approximate surface area is 83.0 Å². The maximum Gasteiger partial charge on any atom is 0.129 e. The molecule has 1 N–H and O–H groups in total. The van der Waals surface area contributed by atoms with Crippen molar-refractivity contribution in [2.45, 2.75) is 26.3 Å². The van der Waals surface area contributed by atoms with Gasteiger partial charge in [0.15, 0.2) is 0 Å². The topological polar surface area (TPSA) is 29.1 Å². The molecule has 0 fully saturated rings. The molecular formula is C10H15NOS. The number of hydrogen-bond donors (Lipinski definition) is 1. The van der Waals surface area contributed by atoms with Gasteiger partial charge in [-0.25, -0.2) is 0 Å². The molecule has 72 valence electrons. The van der Waals surface area contributed by atoms with Crippen LogP contribution in [-0.2, 0) is 11.3 Å². The molecule has 0 atom stereocenters. The zero-order valence-electron chi connectivity index (χ0n) is 7.88. The molecule has 2 nitrogen and oxygen atoms in total. The van der Waals surface area contributed by atoms with Crippen LogP contribution in [0, 0.1) is 0 Å². The Balaban J connectivity index is 1.99. The highest BCUT2D eigenvalue weighted by molar-refractivity contribution is 7.09. The minimum Gasteiger partial charge on any atom is -0.312 e. The Kier molecular flexibility index (Phi) is 4.72. The number of carbonyl (C=O) groups is 1. The molecule has 0 aliphatic heterocycles. The van der Waals surface area contributed by atoms with E-state index in [1.54, 1.807) is 18.3 Å². The molecule has 1 rings (SSSR count). The Hall–Kier alpha value is -0.670. The Morgan fingerprint density at radius 2 is 2.46 bits per heavy atom. The number of carbonyl (C=O) groups excluding carboxylic acids is 1. The number of Topliss-reactive ketones (excluding diaryl/α,β-unsaturated/α-hetero) is 1. The van der Waals surface area contributed by atoms with E-state index in [9.17, 15) is 4.79 Å². The van der Waals surface area contributed by atoms with Crippen molar-refractivity contribution in [1.82, 2.24) is 5.32 Å². The van der Waals surface area contributed by atoms with Crippen LogP contribution in [0.3, 0.4) is 0 Å². The van der Waals surface area contributed by atoms with Gasteiger partial charge in [0, 0.05) is 17.8 Å². The summed E-state index contributed by atoms with van der Waals surface area (Å²) in [4.78, 5) is 12.0. The van der Waals surface area contributed by atoms with E-state index in [2.05, 4.69) is 22.8 Å². The van der Waals surface area contributed by atoms with Crippen molar-refractivity contribution in [1.29, 1.82) is 0 Å². The zero-order valence-corrected chi connectivity index (χ0v) is 8.69. The minimum atomic E-state index is 0.276. The van der Waals surface area contributed by atoms with E-state index in [0.29, 0.717) is 6.42 Å². The summed E-state index contributed by atoms with van der Waals surface area (Å²) in [5.74, 6) is 0.276. The van der Waals surface area contributed by atoms with Gasteiger partial charge in [0.25, 0.3) is 0 Å². The molecule has 0 spiro atoms. The summed E-state index contributed by atoms with van der Waals surface area (Å²) in [6.45, 7) is 3.49. The summed E-state index contributed by atoms with van der Waals surface area (Å²) in [7, 11) is 0. The van der Waals surface area contributed by atoms with E-state index in [4.69, 9.17) is 0 Å². The van der Waals surface area contributed by atoms with Crippen molar-refractivity contribution in [2.24, 2.45) is 0 Å². The molecule has 3 heteroatoms. The van der Waals surface area contributed by atoms with Crippen LogP contribution in [0.1, 0.15) is 24.6 Å². The first-order valence-corrected chi connectivity index (χ1v) is 5.39. The second kappa shape index (κ2) is 5.89. The van der Waals surface area contributed by atoms with Crippen LogP contribution in [0.15, 0.2) is 17.5 Å². The summed E-state index contributed by atoms with van der Waals surface area (Å²) >= 11 is 1.76. The molecule has 0 aromatic carbocycles. The molecule has 1 aromatic heterocycles. The fourth-order valence-electron chi connectivity index (χ4n) is 1.09. The lowest BCUT2D eigenvalue weighted by molar-refractivity contribution is -0.117. The smallest absolute Gasteiger partial charge is 0.129 e. The van der Waals surface area contributed by atoms with E-state index < -0.39 is 0 Å². The Morgan fingerprint density at radius 1 is 1.62 bits per heavy atom. The SMILES string of the molecule is CC(=O)CCCNCc1cccs1. The van der Waals surface area contributed by atoms with E-state index in [1.807, 2.05) is 0 Å². The van der Waals surface area contributed by atoms with Gasteiger partial charge in [-0.05, 0) is 31.3 Å². The molecule has 0 saturated heterocycles. The van der Waals surface area contributed by atoms with Crippen LogP contribution in [0.4, 0.5) is 0 Å². The average Bonchev–Trinajstić information content (AvgIpc) is 2.55. The first kappa shape index (κ1) is 10.4. The van der Waals surface area contributed by atoms with Crippen molar-refractivity contribution < 1.29 is 4.79 Å². The maximum absolute atomic E-state index is 10.6. The van der Waals surface area contributed by atoms with E-state index in [0.717, 1.165) is 19.5 Å². The number of thiophene rings is 1. The lowest BCUT2D eigenvalue weighted by Crippen LogP contribution is -2.14. The summed E-state index contributed by atoms with van der Waals surface area (Å²) in [6, 6.07) is 4.17. The maximum atomic E-state index is 10.6. The third-order valence-electron chi connectivity index (χ3n) is 1.76. The van der Waals surface area contributed by atoms with Gasteiger partial charge in [-0.15, -0.1) is 11.3 Å². The van der Waals surface area contributed by atoms with Crippen molar-refractivity contribution in [2.75, 3.05) is 6.54 Å².